The summed E-state index contributed by atoms with van der Waals surface area (Å²) in [6.07, 6.45) is 3.17. The molecule has 0 radical (unpaired) electrons. The molecule has 0 aromatic carbocycles. The van der Waals surface area contributed by atoms with Crippen molar-refractivity contribution < 1.29 is 14.6 Å². The Kier molecular flexibility index (Phi) is 5.65. The molecule has 0 aliphatic carbocycles. The van der Waals surface area contributed by atoms with Gasteiger partial charge in [0.15, 0.2) is 0 Å². The van der Waals surface area contributed by atoms with Crippen LogP contribution in [0.25, 0.3) is 0 Å². The Labute approximate surface area is 117 Å². The summed E-state index contributed by atoms with van der Waals surface area (Å²) in [6, 6.07) is 0.225. The number of aliphatic hydroxyl groups excluding tert-OH is 1. The number of carbonyl (C=O) groups is 1. The maximum Gasteiger partial charge on any atom is 0.410 e. The first kappa shape index (κ1) is 16.3. The Balaban J connectivity index is 2.47. The van der Waals surface area contributed by atoms with Gasteiger partial charge in [0.2, 0.25) is 0 Å². The number of hydrogen-bond acceptors (Lipinski definition) is 3. The zero-order valence-electron chi connectivity index (χ0n) is 13.0. The smallest absolute Gasteiger partial charge is 0.410 e. The van der Waals surface area contributed by atoms with E-state index in [1.165, 1.54) is 0 Å². The fraction of sp³-hybridized carbons (Fsp3) is 0.933. The van der Waals surface area contributed by atoms with Crippen LogP contribution in [0.2, 0.25) is 0 Å². The Morgan fingerprint density at radius 2 is 2.05 bits per heavy atom. The van der Waals surface area contributed by atoms with Crippen molar-refractivity contribution in [3.05, 3.63) is 0 Å². The second kappa shape index (κ2) is 6.60. The monoisotopic (exact) mass is 271 g/mol. The van der Waals surface area contributed by atoms with Crippen LogP contribution in [0.1, 0.15) is 60.3 Å². The molecule has 1 rings (SSSR count). The molecule has 0 bridgehead atoms. The molecule has 1 saturated heterocycles. The zero-order chi connectivity index (χ0) is 14.6. The molecule has 0 spiro atoms. The van der Waals surface area contributed by atoms with Gasteiger partial charge in [-0.25, -0.2) is 4.79 Å². The van der Waals surface area contributed by atoms with E-state index in [9.17, 15) is 9.90 Å². The fourth-order valence-corrected chi connectivity index (χ4v) is 2.39. The Morgan fingerprint density at radius 3 is 2.58 bits per heavy atom. The van der Waals surface area contributed by atoms with E-state index in [0.29, 0.717) is 0 Å². The van der Waals surface area contributed by atoms with Crippen LogP contribution in [0.4, 0.5) is 4.79 Å². The molecular weight excluding hydrogens is 242 g/mol. The molecule has 19 heavy (non-hydrogen) atoms. The lowest BCUT2D eigenvalue weighted by Gasteiger charge is -2.29. The summed E-state index contributed by atoms with van der Waals surface area (Å²) in [6.45, 7) is 10.5. The Morgan fingerprint density at radius 1 is 1.42 bits per heavy atom. The number of hydrogen-bond donors (Lipinski definition) is 1. The number of ether oxygens (including phenoxy) is 1. The van der Waals surface area contributed by atoms with Gasteiger partial charge in [-0.1, -0.05) is 13.8 Å². The van der Waals surface area contributed by atoms with Gasteiger partial charge in [0.25, 0.3) is 0 Å². The lowest BCUT2D eigenvalue weighted by Crippen LogP contribution is -2.40. The molecule has 1 N–H and O–H groups in total. The molecule has 1 fully saturated rings. The van der Waals surface area contributed by atoms with Crippen molar-refractivity contribution in [2.24, 2.45) is 5.92 Å². The molecule has 112 valence electrons. The normalized spacial score (nSPS) is 21.8. The minimum atomic E-state index is -0.443. The van der Waals surface area contributed by atoms with E-state index in [-0.39, 0.29) is 24.2 Å². The summed E-state index contributed by atoms with van der Waals surface area (Å²) in [5, 5.41) is 9.86. The van der Waals surface area contributed by atoms with Gasteiger partial charge in [0.05, 0.1) is 6.10 Å². The Bertz CT molecular complexity index is 296. The van der Waals surface area contributed by atoms with Crippen LogP contribution in [-0.2, 0) is 4.74 Å². The highest BCUT2D eigenvalue weighted by atomic mass is 16.6. The largest absolute Gasteiger partial charge is 0.444 e. The highest BCUT2D eigenvalue weighted by Crippen LogP contribution is 2.25. The molecule has 0 unspecified atom stereocenters. The quantitative estimate of drug-likeness (QED) is 0.854. The van der Waals surface area contributed by atoms with E-state index in [0.717, 1.165) is 32.2 Å². The van der Waals surface area contributed by atoms with Gasteiger partial charge in [0.1, 0.15) is 5.60 Å². The van der Waals surface area contributed by atoms with Crippen molar-refractivity contribution >= 4 is 6.09 Å². The number of nitrogens with zero attached hydrogens (tertiary/aromatic N) is 1. The maximum absolute atomic E-state index is 12.1. The topological polar surface area (TPSA) is 49.8 Å². The van der Waals surface area contributed by atoms with Gasteiger partial charge in [0, 0.05) is 12.6 Å². The highest BCUT2D eigenvalue weighted by molar-refractivity contribution is 5.68. The summed E-state index contributed by atoms with van der Waals surface area (Å²) in [5.41, 5.74) is -0.443. The third-order valence-corrected chi connectivity index (χ3v) is 3.57. The molecule has 4 heteroatoms. The van der Waals surface area contributed by atoms with Crippen LogP contribution in [0.5, 0.6) is 0 Å². The van der Waals surface area contributed by atoms with Crippen molar-refractivity contribution in [2.45, 2.75) is 78.0 Å². The van der Waals surface area contributed by atoms with E-state index < -0.39 is 5.60 Å². The van der Waals surface area contributed by atoms with Crippen LogP contribution in [0.3, 0.4) is 0 Å². The predicted molar refractivity (Wildman–Crippen MR) is 76.0 cm³/mol. The Hall–Kier alpha value is -0.770. The molecular formula is C15H29NO3. The van der Waals surface area contributed by atoms with E-state index in [4.69, 9.17) is 4.74 Å². The molecule has 4 nitrogen and oxygen atoms in total. The maximum atomic E-state index is 12.1. The SMILES string of the molecule is CC(C)[C@@H](O)CC[C@H]1CCCN1C(=O)OC(C)(C)C. The number of carbonyl (C=O) groups excluding carboxylic acids is 1. The van der Waals surface area contributed by atoms with Crippen molar-refractivity contribution in [3.8, 4) is 0 Å². The molecule has 0 aromatic heterocycles. The van der Waals surface area contributed by atoms with Crippen LogP contribution < -0.4 is 0 Å². The number of rotatable bonds is 4. The van der Waals surface area contributed by atoms with Crippen molar-refractivity contribution in [1.82, 2.24) is 4.90 Å². The third-order valence-electron chi connectivity index (χ3n) is 3.57. The molecule has 0 saturated carbocycles. The molecule has 1 aliphatic heterocycles. The zero-order valence-corrected chi connectivity index (χ0v) is 13.0. The second-order valence-electron chi connectivity index (χ2n) is 6.86. The van der Waals surface area contributed by atoms with Crippen molar-refractivity contribution in [1.29, 1.82) is 0 Å². The number of aliphatic hydroxyl groups is 1. The van der Waals surface area contributed by atoms with E-state index in [1.54, 1.807) is 0 Å². The fourth-order valence-electron chi connectivity index (χ4n) is 2.39. The van der Waals surface area contributed by atoms with E-state index in [1.807, 2.05) is 39.5 Å². The average molecular weight is 271 g/mol. The van der Waals surface area contributed by atoms with Gasteiger partial charge < -0.3 is 14.7 Å². The summed E-state index contributed by atoms with van der Waals surface area (Å²) in [5.74, 6) is 0.274. The van der Waals surface area contributed by atoms with Gasteiger partial charge in [-0.2, -0.15) is 0 Å². The second-order valence-corrected chi connectivity index (χ2v) is 6.86. The molecule has 1 aliphatic rings. The van der Waals surface area contributed by atoms with Crippen molar-refractivity contribution in [3.63, 3.8) is 0 Å². The summed E-state index contributed by atoms with van der Waals surface area (Å²) in [7, 11) is 0. The van der Waals surface area contributed by atoms with E-state index in [2.05, 4.69) is 0 Å². The van der Waals surface area contributed by atoms with Crippen molar-refractivity contribution in [2.75, 3.05) is 6.54 Å². The average Bonchev–Trinajstić information content (AvgIpc) is 2.71. The van der Waals surface area contributed by atoms with Crippen LogP contribution in [0, 0.1) is 5.92 Å². The first-order valence-electron chi connectivity index (χ1n) is 7.38. The lowest BCUT2D eigenvalue weighted by molar-refractivity contribution is 0.0200. The van der Waals surface area contributed by atoms with Crippen LogP contribution >= 0.6 is 0 Å². The summed E-state index contributed by atoms with van der Waals surface area (Å²) in [4.78, 5) is 13.9. The first-order chi connectivity index (χ1) is 8.70. The molecule has 1 heterocycles. The summed E-state index contributed by atoms with van der Waals surface area (Å²) < 4.78 is 5.43. The number of likely N-dealkylation sites (tertiary alicyclic amines) is 1. The van der Waals surface area contributed by atoms with Crippen LogP contribution in [0.15, 0.2) is 0 Å². The van der Waals surface area contributed by atoms with Gasteiger partial charge in [-0.05, 0) is 52.4 Å². The molecule has 2 atom stereocenters. The predicted octanol–water partition coefficient (Wildman–Crippen LogP) is 3.18. The molecule has 0 aromatic rings. The van der Waals surface area contributed by atoms with Crippen LogP contribution in [-0.4, -0.2) is 40.4 Å². The van der Waals surface area contributed by atoms with Gasteiger partial charge in [-0.15, -0.1) is 0 Å². The number of amides is 1. The standard InChI is InChI=1S/C15H29NO3/c1-11(2)13(17)9-8-12-7-6-10-16(12)14(18)19-15(3,4)5/h11-13,17H,6-10H2,1-5H3/t12-,13+/m1/s1. The van der Waals surface area contributed by atoms with E-state index >= 15 is 0 Å². The third kappa shape index (κ3) is 5.39. The first-order valence-corrected chi connectivity index (χ1v) is 7.38. The molecule has 1 amide bonds. The highest BCUT2D eigenvalue weighted by Gasteiger charge is 2.32. The van der Waals surface area contributed by atoms with Gasteiger partial charge >= 0.3 is 6.09 Å². The minimum absolute atomic E-state index is 0.214. The van der Waals surface area contributed by atoms with Gasteiger partial charge in [-0.3, -0.25) is 0 Å². The summed E-state index contributed by atoms with van der Waals surface area (Å²) >= 11 is 0. The minimum Gasteiger partial charge on any atom is -0.444 e. The lowest BCUT2D eigenvalue weighted by atomic mass is 9.99.